The van der Waals surface area contributed by atoms with Gasteiger partial charge in [-0.15, -0.1) is 0 Å². The summed E-state index contributed by atoms with van der Waals surface area (Å²) in [5.74, 6) is 0. The van der Waals surface area contributed by atoms with Gasteiger partial charge in [0.15, 0.2) is 0 Å². The minimum Gasteiger partial charge on any atom is -0.298 e. The van der Waals surface area contributed by atoms with E-state index in [1.807, 2.05) is 13.8 Å². The van der Waals surface area contributed by atoms with Crippen LogP contribution in [0.3, 0.4) is 0 Å². The number of hydrogen-bond acceptors (Lipinski definition) is 5. The Morgan fingerprint density at radius 3 is 2.29 bits per heavy atom. The molecular weight excluding hydrogens is 286 g/mol. The van der Waals surface area contributed by atoms with Crippen molar-refractivity contribution in [2.24, 2.45) is 0 Å². The van der Waals surface area contributed by atoms with Crippen molar-refractivity contribution in [2.45, 2.75) is 56.4 Å². The van der Waals surface area contributed by atoms with Crippen molar-refractivity contribution in [3.05, 3.63) is 0 Å². The number of piperazine rings is 1. The highest BCUT2D eigenvalue weighted by molar-refractivity contribution is 7.91. The molecule has 0 radical (unpaired) electrons. The molecule has 2 rings (SSSR count). The minimum absolute atomic E-state index is 0.162. The molecular formula is C15H27N3O2S. The average molecular weight is 313 g/mol. The van der Waals surface area contributed by atoms with Crippen LogP contribution in [0.2, 0.25) is 0 Å². The fourth-order valence-corrected chi connectivity index (χ4v) is 4.72. The van der Waals surface area contributed by atoms with Crippen molar-refractivity contribution in [1.82, 2.24) is 9.80 Å². The van der Waals surface area contributed by atoms with E-state index in [1.54, 1.807) is 0 Å². The molecule has 21 heavy (non-hydrogen) atoms. The van der Waals surface area contributed by atoms with E-state index >= 15 is 0 Å². The predicted molar refractivity (Wildman–Crippen MR) is 83.7 cm³/mol. The third-order valence-corrected chi connectivity index (χ3v) is 6.74. The molecule has 0 spiro atoms. The summed E-state index contributed by atoms with van der Waals surface area (Å²) in [5.41, 5.74) is -0.409. The fraction of sp³-hybridized carbons (Fsp3) is 0.933. The first-order chi connectivity index (χ1) is 9.74. The Hall–Kier alpha value is -0.640. The molecule has 1 aliphatic carbocycles. The molecule has 2 fully saturated rings. The van der Waals surface area contributed by atoms with Crippen molar-refractivity contribution >= 4 is 9.84 Å². The Balaban J connectivity index is 1.92. The summed E-state index contributed by atoms with van der Waals surface area (Å²) >= 11 is 0. The highest BCUT2D eigenvalue weighted by Crippen LogP contribution is 2.28. The van der Waals surface area contributed by atoms with Crippen LogP contribution >= 0.6 is 0 Å². The molecule has 0 aromatic carbocycles. The lowest BCUT2D eigenvalue weighted by Crippen LogP contribution is -2.57. The first-order valence-corrected chi connectivity index (χ1v) is 9.79. The fourth-order valence-electron chi connectivity index (χ4n) is 3.56. The van der Waals surface area contributed by atoms with E-state index in [9.17, 15) is 13.7 Å². The van der Waals surface area contributed by atoms with Crippen molar-refractivity contribution in [3.63, 3.8) is 0 Å². The van der Waals surface area contributed by atoms with Gasteiger partial charge in [0.2, 0.25) is 0 Å². The van der Waals surface area contributed by atoms with Gasteiger partial charge in [-0.05, 0) is 33.1 Å². The summed E-state index contributed by atoms with van der Waals surface area (Å²) in [6, 6.07) is 2.75. The Morgan fingerprint density at radius 1 is 1.14 bits per heavy atom. The van der Waals surface area contributed by atoms with E-state index in [1.165, 1.54) is 6.26 Å². The predicted octanol–water partition coefficient (Wildman–Crippen LogP) is 1.26. The Bertz CT molecular complexity index is 502. The van der Waals surface area contributed by atoms with Gasteiger partial charge in [-0.1, -0.05) is 6.42 Å². The van der Waals surface area contributed by atoms with Crippen molar-refractivity contribution in [2.75, 3.05) is 32.4 Å². The van der Waals surface area contributed by atoms with Gasteiger partial charge in [0.05, 0.1) is 11.3 Å². The smallest absolute Gasteiger partial charge is 0.150 e. The first kappa shape index (κ1) is 16.7. The van der Waals surface area contributed by atoms with E-state index in [-0.39, 0.29) is 5.25 Å². The lowest BCUT2D eigenvalue weighted by Gasteiger charge is -2.45. The van der Waals surface area contributed by atoms with Gasteiger partial charge in [-0.2, -0.15) is 5.26 Å². The molecule has 0 aromatic heterocycles. The molecule has 1 saturated carbocycles. The van der Waals surface area contributed by atoms with Gasteiger partial charge in [-0.25, -0.2) is 8.42 Å². The van der Waals surface area contributed by atoms with E-state index in [2.05, 4.69) is 15.9 Å². The van der Waals surface area contributed by atoms with Gasteiger partial charge >= 0.3 is 0 Å². The van der Waals surface area contributed by atoms with Gasteiger partial charge in [0.1, 0.15) is 15.4 Å². The normalized spacial score (nSPS) is 30.0. The zero-order valence-corrected chi connectivity index (χ0v) is 14.2. The van der Waals surface area contributed by atoms with Crippen LogP contribution in [-0.4, -0.2) is 67.5 Å². The highest BCUT2D eigenvalue weighted by atomic mass is 32.2. The number of hydrogen-bond donors (Lipinski definition) is 0. The molecule has 0 amide bonds. The molecule has 1 saturated heterocycles. The lowest BCUT2D eigenvalue weighted by atomic mass is 9.93. The first-order valence-electron chi connectivity index (χ1n) is 7.83. The molecule has 2 atom stereocenters. The topological polar surface area (TPSA) is 64.4 Å². The SMILES string of the molecule is CC(C)(C#N)N1CCN(C2CCCC(S(C)(=O)=O)C2)CC1. The molecule has 0 N–H and O–H groups in total. The molecule has 1 heterocycles. The molecule has 0 bridgehead atoms. The largest absolute Gasteiger partial charge is 0.298 e. The average Bonchev–Trinajstić information content (AvgIpc) is 2.47. The van der Waals surface area contributed by atoms with Gasteiger partial charge < -0.3 is 0 Å². The monoisotopic (exact) mass is 313 g/mol. The number of sulfone groups is 1. The second-order valence-electron chi connectivity index (χ2n) is 6.97. The summed E-state index contributed by atoms with van der Waals surface area (Å²) in [4.78, 5) is 4.65. The Labute approximate surface area is 128 Å². The maximum atomic E-state index is 11.8. The minimum atomic E-state index is -2.92. The number of nitrogens with zero attached hydrogens (tertiary/aromatic N) is 3. The molecule has 5 nitrogen and oxygen atoms in total. The quantitative estimate of drug-likeness (QED) is 0.785. The lowest BCUT2D eigenvalue weighted by molar-refractivity contribution is 0.0461. The van der Waals surface area contributed by atoms with Crippen LogP contribution in [0.5, 0.6) is 0 Å². The van der Waals surface area contributed by atoms with E-state index in [0.717, 1.165) is 51.9 Å². The van der Waals surface area contributed by atoms with Gasteiger partial charge in [0.25, 0.3) is 0 Å². The summed E-state index contributed by atoms with van der Waals surface area (Å²) in [7, 11) is -2.92. The van der Waals surface area contributed by atoms with Crippen LogP contribution in [0.4, 0.5) is 0 Å². The van der Waals surface area contributed by atoms with Gasteiger partial charge in [0, 0.05) is 38.5 Å². The Morgan fingerprint density at radius 2 is 1.76 bits per heavy atom. The molecule has 120 valence electrons. The van der Waals surface area contributed by atoms with Crippen LogP contribution < -0.4 is 0 Å². The molecule has 1 aliphatic heterocycles. The number of nitriles is 1. The van der Waals surface area contributed by atoms with Crippen LogP contribution in [-0.2, 0) is 9.84 Å². The van der Waals surface area contributed by atoms with Crippen LogP contribution in [0, 0.1) is 11.3 Å². The molecule has 0 aromatic rings. The highest BCUT2D eigenvalue weighted by Gasteiger charge is 2.35. The van der Waals surface area contributed by atoms with Crippen LogP contribution in [0.15, 0.2) is 0 Å². The van der Waals surface area contributed by atoms with Crippen molar-refractivity contribution in [1.29, 1.82) is 5.26 Å². The van der Waals surface area contributed by atoms with Crippen molar-refractivity contribution in [3.8, 4) is 6.07 Å². The molecule has 6 heteroatoms. The maximum Gasteiger partial charge on any atom is 0.150 e. The number of rotatable bonds is 3. The second kappa shape index (κ2) is 6.23. The second-order valence-corrected chi connectivity index (χ2v) is 9.29. The zero-order valence-electron chi connectivity index (χ0n) is 13.4. The van der Waals surface area contributed by atoms with Crippen LogP contribution in [0.1, 0.15) is 39.5 Å². The third kappa shape index (κ3) is 3.97. The van der Waals surface area contributed by atoms with Gasteiger partial charge in [-0.3, -0.25) is 9.80 Å². The third-order valence-electron chi connectivity index (χ3n) is 5.10. The zero-order chi connectivity index (χ0) is 15.7. The molecule has 2 aliphatic rings. The Kier molecular flexibility index (Phi) is 4.96. The summed E-state index contributed by atoms with van der Waals surface area (Å²) < 4.78 is 23.5. The molecule has 2 unspecified atom stereocenters. The van der Waals surface area contributed by atoms with E-state index in [4.69, 9.17) is 0 Å². The summed E-state index contributed by atoms with van der Waals surface area (Å²) in [6.07, 6.45) is 5.07. The van der Waals surface area contributed by atoms with Crippen LogP contribution in [0.25, 0.3) is 0 Å². The summed E-state index contributed by atoms with van der Waals surface area (Å²) in [6.45, 7) is 7.58. The summed E-state index contributed by atoms with van der Waals surface area (Å²) in [5, 5.41) is 9.05. The standard InChI is InChI=1S/C15H27N3O2S/c1-15(2,12-16)18-9-7-17(8-10-18)13-5-4-6-14(11-13)21(3,19)20/h13-14H,4-11H2,1-3H3. The van der Waals surface area contributed by atoms with E-state index in [0.29, 0.717) is 6.04 Å². The van der Waals surface area contributed by atoms with E-state index < -0.39 is 15.4 Å². The maximum absolute atomic E-state index is 11.8. The van der Waals surface area contributed by atoms with Crippen molar-refractivity contribution < 1.29 is 8.42 Å².